The second-order valence-corrected chi connectivity index (χ2v) is 5.24. The van der Waals surface area contributed by atoms with Crippen molar-refractivity contribution in [1.82, 2.24) is 10.1 Å². The predicted octanol–water partition coefficient (Wildman–Crippen LogP) is 2.66. The molecule has 0 saturated carbocycles. The summed E-state index contributed by atoms with van der Waals surface area (Å²) in [7, 11) is 1.56. The van der Waals surface area contributed by atoms with Crippen LogP contribution >= 0.6 is 23.4 Å². The number of methoxy groups -OCH3 is 1. The maximum absolute atomic E-state index is 5.92. The van der Waals surface area contributed by atoms with E-state index in [-0.39, 0.29) is 6.10 Å². The first-order valence-corrected chi connectivity index (χ1v) is 7.03. The lowest BCUT2D eigenvalue weighted by Gasteiger charge is -2.05. The summed E-state index contributed by atoms with van der Waals surface area (Å²) in [5, 5.41) is 4.60. The molecule has 2 aromatic rings. The van der Waals surface area contributed by atoms with Gasteiger partial charge in [-0.25, -0.2) is 0 Å². The molecule has 1 atom stereocenters. The molecule has 2 rings (SSSR count). The number of nitrogens with zero attached hydrogens (tertiary/aromatic N) is 2. The summed E-state index contributed by atoms with van der Waals surface area (Å²) in [6, 6.07) is 7.62. The molecule has 0 spiro atoms. The maximum Gasteiger partial charge on any atom is 0.257 e. The lowest BCUT2D eigenvalue weighted by Crippen LogP contribution is -2.14. The fourth-order valence-electron chi connectivity index (χ4n) is 1.46. The second kappa shape index (κ2) is 6.91. The molecule has 1 unspecified atom stereocenters. The van der Waals surface area contributed by atoms with Crippen molar-refractivity contribution in [2.45, 2.75) is 16.8 Å². The number of rotatable bonds is 6. The Hall–Kier alpha value is -1.08. The molecule has 0 bridgehead atoms. The highest BCUT2D eigenvalue weighted by Gasteiger charge is 2.16. The quantitative estimate of drug-likeness (QED) is 0.827. The monoisotopic (exact) mass is 299 g/mol. The molecule has 5 nitrogen and oxygen atoms in total. The highest BCUT2D eigenvalue weighted by molar-refractivity contribution is 7.98. The van der Waals surface area contributed by atoms with Gasteiger partial charge in [-0.05, 0) is 18.2 Å². The molecule has 1 heterocycles. The van der Waals surface area contributed by atoms with Crippen molar-refractivity contribution in [2.75, 3.05) is 13.7 Å². The molecular weight excluding hydrogens is 286 g/mol. The van der Waals surface area contributed by atoms with E-state index >= 15 is 0 Å². The lowest BCUT2D eigenvalue weighted by molar-refractivity contribution is 0.0804. The summed E-state index contributed by atoms with van der Waals surface area (Å²) < 4.78 is 10.2. The van der Waals surface area contributed by atoms with Crippen molar-refractivity contribution < 1.29 is 9.26 Å². The van der Waals surface area contributed by atoms with Gasteiger partial charge in [0.15, 0.2) is 5.82 Å². The topological polar surface area (TPSA) is 74.2 Å². The zero-order valence-corrected chi connectivity index (χ0v) is 11.9. The Morgan fingerprint density at radius 3 is 3.05 bits per heavy atom. The first-order valence-electron chi connectivity index (χ1n) is 5.66. The van der Waals surface area contributed by atoms with E-state index in [1.807, 2.05) is 24.3 Å². The first-order chi connectivity index (χ1) is 9.22. The van der Waals surface area contributed by atoms with Crippen LogP contribution in [0.5, 0.6) is 0 Å². The van der Waals surface area contributed by atoms with E-state index in [2.05, 4.69) is 10.1 Å². The summed E-state index contributed by atoms with van der Waals surface area (Å²) in [4.78, 5) is 5.31. The highest BCUT2D eigenvalue weighted by Crippen LogP contribution is 2.24. The fraction of sp³-hybridized carbons (Fsp3) is 0.333. The van der Waals surface area contributed by atoms with Crippen molar-refractivity contribution in [1.29, 1.82) is 0 Å². The van der Waals surface area contributed by atoms with E-state index in [9.17, 15) is 0 Å². The molecule has 0 aliphatic carbocycles. The minimum absolute atomic E-state index is 0.305. The van der Waals surface area contributed by atoms with Crippen LogP contribution in [0.25, 0.3) is 0 Å². The average molecular weight is 300 g/mol. The summed E-state index contributed by atoms with van der Waals surface area (Å²) in [6.45, 7) is 0.305. The molecular formula is C12H14ClN3O2S. The third-order valence-electron chi connectivity index (χ3n) is 2.42. The van der Waals surface area contributed by atoms with Gasteiger partial charge in [0.05, 0.1) is 5.75 Å². The summed E-state index contributed by atoms with van der Waals surface area (Å²) in [6.07, 6.45) is -0.350. The summed E-state index contributed by atoms with van der Waals surface area (Å²) >= 11 is 7.50. The van der Waals surface area contributed by atoms with Gasteiger partial charge in [0.2, 0.25) is 0 Å². The van der Waals surface area contributed by atoms with E-state index in [4.69, 9.17) is 26.6 Å². The Kier molecular flexibility index (Phi) is 5.21. The van der Waals surface area contributed by atoms with E-state index in [0.717, 1.165) is 4.90 Å². The molecule has 19 heavy (non-hydrogen) atoms. The van der Waals surface area contributed by atoms with Crippen LogP contribution in [0.2, 0.25) is 5.02 Å². The van der Waals surface area contributed by atoms with Crippen LogP contribution in [0.15, 0.2) is 33.7 Å². The molecule has 0 aliphatic heterocycles. The van der Waals surface area contributed by atoms with E-state index in [1.54, 1.807) is 18.9 Å². The number of halogens is 1. The van der Waals surface area contributed by atoms with E-state index in [1.165, 1.54) is 0 Å². The van der Waals surface area contributed by atoms with Crippen LogP contribution in [0.1, 0.15) is 17.8 Å². The zero-order valence-electron chi connectivity index (χ0n) is 10.4. The molecule has 102 valence electrons. The van der Waals surface area contributed by atoms with Crippen LogP contribution in [-0.2, 0) is 10.5 Å². The van der Waals surface area contributed by atoms with Gasteiger partial charge in [-0.15, -0.1) is 11.8 Å². The van der Waals surface area contributed by atoms with Gasteiger partial charge in [0, 0.05) is 23.6 Å². The molecule has 1 aromatic heterocycles. The number of ether oxygens (including phenoxy) is 1. The lowest BCUT2D eigenvalue weighted by atomic mass is 10.3. The molecule has 0 fully saturated rings. The van der Waals surface area contributed by atoms with Crippen molar-refractivity contribution in [2.24, 2.45) is 5.73 Å². The molecule has 0 saturated heterocycles. The van der Waals surface area contributed by atoms with Crippen molar-refractivity contribution >= 4 is 23.4 Å². The Morgan fingerprint density at radius 2 is 2.37 bits per heavy atom. The molecule has 0 aliphatic rings. The maximum atomic E-state index is 5.92. The van der Waals surface area contributed by atoms with Gasteiger partial charge < -0.3 is 15.0 Å². The Balaban J connectivity index is 1.97. The SMILES string of the molecule is COC(CN)c1nc(CSc2cccc(Cl)c2)no1. The minimum atomic E-state index is -0.350. The number of hydrogen-bond donors (Lipinski definition) is 1. The largest absolute Gasteiger partial charge is 0.370 e. The van der Waals surface area contributed by atoms with Gasteiger partial charge in [-0.2, -0.15) is 4.98 Å². The van der Waals surface area contributed by atoms with Crippen LogP contribution in [0.3, 0.4) is 0 Å². The first kappa shape index (κ1) is 14.3. The molecule has 7 heteroatoms. The number of nitrogens with two attached hydrogens (primary N) is 1. The van der Waals surface area contributed by atoms with Crippen LogP contribution < -0.4 is 5.73 Å². The molecule has 0 radical (unpaired) electrons. The van der Waals surface area contributed by atoms with Crippen LogP contribution in [0.4, 0.5) is 0 Å². The van der Waals surface area contributed by atoms with E-state index in [0.29, 0.717) is 29.0 Å². The van der Waals surface area contributed by atoms with E-state index < -0.39 is 0 Å². The van der Waals surface area contributed by atoms with Gasteiger partial charge in [-0.3, -0.25) is 0 Å². The highest BCUT2D eigenvalue weighted by atomic mass is 35.5. The summed E-state index contributed by atoms with van der Waals surface area (Å²) in [5.74, 6) is 1.62. The fourth-order valence-corrected chi connectivity index (χ4v) is 2.51. The zero-order chi connectivity index (χ0) is 13.7. The molecule has 2 N–H and O–H groups in total. The van der Waals surface area contributed by atoms with Crippen molar-refractivity contribution in [3.63, 3.8) is 0 Å². The Labute approximate surface area is 120 Å². The van der Waals surface area contributed by atoms with Crippen LogP contribution in [-0.4, -0.2) is 23.8 Å². The summed E-state index contributed by atoms with van der Waals surface area (Å²) in [5.41, 5.74) is 5.53. The number of thioether (sulfide) groups is 1. The minimum Gasteiger partial charge on any atom is -0.370 e. The Bertz CT molecular complexity index is 531. The van der Waals surface area contributed by atoms with Crippen molar-refractivity contribution in [3.8, 4) is 0 Å². The average Bonchev–Trinajstić information content (AvgIpc) is 2.87. The second-order valence-electron chi connectivity index (χ2n) is 3.75. The van der Waals surface area contributed by atoms with Gasteiger partial charge >= 0.3 is 0 Å². The normalized spacial score (nSPS) is 12.6. The standard InChI is InChI=1S/C12H14ClN3O2S/c1-17-10(6-14)12-15-11(16-18-12)7-19-9-4-2-3-8(13)5-9/h2-5,10H,6-7,14H2,1H3. The van der Waals surface area contributed by atoms with Gasteiger partial charge in [0.25, 0.3) is 5.89 Å². The third kappa shape index (κ3) is 3.94. The van der Waals surface area contributed by atoms with Gasteiger partial charge in [-0.1, -0.05) is 22.8 Å². The number of benzene rings is 1. The number of aromatic nitrogens is 2. The van der Waals surface area contributed by atoms with Crippen LogP contribution in [0, 0.1) is 0 Å². The van der Waals surface area contributed by atoms with Gasteiger partial charge in [0.1, 0.15) is 6.10 Å². The predicted molar refractivity (Wildman–Crippen MR) is 74.1 cm³/mol. The number of hydrogen-bond acceptors (Lipinski definition) is 6. The Morgan fingerprint density at radius 1 is 1.53 bits per heavy atom. The molecule has 0 amide bonds. The third-order valence-corrected chi connectivity index (χ3v) is 3.65. The van der Waals surface area contributed by atoms with Crippen molar-refractivity contribution in [3.05, 3.63) is 41.0 Å². The molecule has 1 aromatic carbocycles. The smallest absolute Gasteiger partial charge is 0.257 e.